The minimum atomic E-state index is 0.122. The van der Waals surface area contributed by atoms with E-state index in [9.17, 15) is 0 Å². The molecule has 0 aromatic carbocycles. The SMILES string of the molecule is CCCCN1CCc2[nH]cnc2C12CCN(Cc1cnc(SCC)nc1)CC2. The van der Waals surface area contributed by atoms with Gasteiger partial charge in [0.25, 0.3) is 0 Å². The van der Waals surface area contributed by atoms with Crippen molar-refractivity contribution < 1.29 is 0 Å². The van der Waals surface area contributed by atoms with Gasteiger partial charge in [-0.1, -0.05) is 32.0 Å². The van der Waals surface area contributed by atoms with Gasteiger partial charge in [0.05, 0.1) is 17.6 Å². The smallest absolute Gasteiger partial charge is 0.187 e. The maximum absolute atomic E-state index is 4.79. The number of imidazole rings is 1. The van der Waals surface area contributed by atoms with Crippen molar-refractivity contribution in [2.45, 2.75) is 63.2 Å². The van der Waals surface area contributed by atoms with Crippen molar-refractivity contribution in [1.82, 2.24) is 29.7 Å². The van der Waals surface area contributed by atoms with Crippen molar-refractivity contribution in [3.8, 4) is 0 Å². The molecule has 0 saturated carbocycles. The molecule has 0 radical (unpaired) electrons. The third-order valence-corrected chi connectivity index (χ3v) is 6.98. The van der Waals surface area contributed by atoms with E-state index in [2.05, 4.69) is 38.6 Å². The number of rotatable bonds is 7. The molecule has 0 bridgehead atoms. The number of likely N-dealkylation sites (tertiary alicyclic amines) is 1. The number of hydrogen-bond donors (Lipinski definition) is 1. The second-order valence-electron chi connectivity index (χ2n) is 7.93. The highest BCUT2D eigenvalue weighted by Crippen LogP contribution is 2.42. The largest absolute Gasteiger partial charge is 0.348 e. The first kappa shape index (κ1) is 19.9. The molecule has 2 aromatic heterocycles. The van der Waals surface area contributed by atoms with Crippen LogP contribution in [0.2, 0.25) is 0 Å². The summed E-state index contributed by atoms with van der Waals surface area (Å²) in [6.07, 6.45) is 11.8. The van der Waals surface area contributed by atoms with E-state index in [0.717, 1.165) is 56.4 Å². The van der Waals surface area contributed by atoms with Crippen molar-refractivity contribution in [3.05, 3.63) is 35.7 Å². The zero-order valence-electron chi connectivity index (χ0n) is 17.2. The predicted octanol–water partition coefficient (Wildman–Crippen LogP) is 3.46. The van der Waals surface area contributed by atoms with Crippen molar-refractivity contribution >= 4 is 11.8 Å². The molecule has 152 valence electrons. The van der Waals surface area contributed by atoms with Crippen molar-refractivity contribution in [1.29, 1.82) is 0 Å². The van der Waals surface area contributed by atoms with Crippen LogP contribution < -0.4 is 0 Å². The fraction of sp³-hybridized carbons (Fsp3) is 0.667. The molecule has 4 rings (SSSR count). The number of H-pyrrole nitrogens is 1. The predicted molar refractivity (Wildman–Crippen MR) is 113 cm³/mol. The molecular formula is C21H32N6S. The highest BCUT2D eigenvalue weighted by atomic mass is 32.2. The summed E-state index contributed by atoms with van der Waals surface area (Å²) in [6.45, 7) is 9.89. The number of unbranched alkanes of at least 4 members (excludes halogenated alkanes) is 1. The Hall–Kier alpha value is -1.44. The van der Waals surface area contributed by atoms with Crippen LogP contribution in [0.4, 0.5) is 0 Å². The Bertz CT molecular complexity index is 751. The van der Waals surface area contributed by atoms with E-state index < -0.39 is 0 Å². The summed E-state index contributed by atoms with van der Waals surface area (Å²) < 4.78 is 0. The van der Waals surface area contributed by atoms with Crippen molar-refractivity contribution in [2.75, 3.05) is 31.9 Å². The van der Waals surface area contributed by atoms with Crippen molar-refractivity contribution in [3.63, 3.8) is 0 Å². The van der Waals surface area contributed by atoms with Gasteiger partial charge in [-0.05, 0) is 31.6 Å². The number of aromatic nitrogens is 4. The van der Waals surface area contributed by atoms with E-state index in [-0.39, 0.29) is 5.54 Å². The van der Waals surface area contributed by atoms with E-state index in [0.29, 0.717) is 0 Å². The number of fused-ring (bicyclic) bond motifs is 2. The molecule has 6 nitrogen and oxygen atoms in total. The first-order valence-corrected chi connectivity index (χ1v) is 11.7. The molecule has 0 unspecified atom stereocenters. The Morgan fingerprint density at radius 3 is 2.61 bits per heavy atom. The number of nitrogens with one attached hydrogen (secondary N) is 1. The lowest BCUT2D eigenvalue weighted by atomic mass is 9.78. The fourth-order valence-electron chi connectivity index (χ4n) is 4.72. The van der Waals surface area contributed by atoms with E-state index in [1.165, 1.54) is 36.3 Å². The summed E-state index contributed by atoms with van der Waals surface area (Å²) in [4.78, 5) is 22.5. The summed E-state index contributed by atoms with van der Waals surface area (Å²) in [6, 6.07) is 0. The lowest BCUT2D eigenvalue weighted by Gasteiger charge is -2.50. The van der Waals surface area contributed by atoms with Crippen LogP contribution in [0.5, 0.6) is 0 Å². The molecule has 2 aliphatic rings. The Morgan fingerprint density at radius 2 is 1.89 bits per heavy atom. The molecular weight excluding hydrogens is 368 g/mol. The second-order valence-corrected chi connectivity index (χ2v) is 9.17. The molecule has 0 atom stereocenters. The highest BCUT2D eigenvalue weighted by molar-refractivity contribution is 7.99. The minimum Gasteiger partial charge on any atom is -0.348 e. The zero-order chi connectivity index (χ0) is 19.4. The van der Waals surface area contributed by atoms with Gasteiger partial charge in [0.1, 0.15) is 0 Å². The molecule has 1 saturated heterocycles. The van der Waals surface area contributed by atoms with Crippen LogP contribution in [0, 0.1) is 0 Å². The van der Waals surface area contributed by atoms with Crippen LogP contribution in [0.25, 0.3) is 0 Å². The first-order chi connectivity index (χ1) is 13.7. The summed E-state index contributed by atoms with van der Waals surface area (Å²) in [5.74, 6) is 1.01. The Morgan fingerprint density at radius 1 is 1.11 bits per heavy atom. The van der Waals surface area contributed by atoms with Gasteiger partial charge in [-0.2, -0.15) is 0 Å². The van der Waals surface area contributed by atoms with E-state index >= 15 is 0 Å². The molecule has 7 heteroatoms. The molecule has 1 N–H and O–H groups in total. The fourth-order valence-corrected chi connectivity index (χ4v) is 5.23. The molecule has 4 heterocycles. The third kappa shape index (κ3) is 3.98. The zero-order valence-corrected chi connectivity index (χ0v) is 18.0. The Balaban J connectivity index is 1.43. The van der Waals surface area contributed by atoms with E-state index in [1.807, 2.05) is 18.7 Å². The molecule has 0 aliphatic carbocycles. The first-order valence-electron chi connectivity index (χ1n) is 10.7. The number of aromatic amines is 1. The van der Waals surface area contributed by atoms with Crippen LogP contribution in [0.15, 0.2) is 23.9 Å². The number of thioether (sulfide) groups is 1. The molecule has 1 spiro atoms. The standard InChI is InChI=1S/C21H32N6S/c1-3-5-9-27-10-6-18-19(25-16-24-18)21(27)7-11-26(12-8-21)15-17-13-22-20(23-14-17)28-4-2/h13-14,16H,3-12,15H2,1-2H3,(H,24,25). The quantitative estimate of drug-likeness (QED) is 0.567. The molecule has 28 heavy (non-hydrogen) atoms. The second kappa shape index (κ2) is 8.93. The summed E-state index contributed by atoms with van der Waals surface area (Å²) in [5, 5.41) is 0.878. The maximum atomic E-state index is 4.79. The Kier molecular flexibility index (Phi) is 6.33. The van der Waals surface area contributed by atoms with E-state index in [4.69, 9.17) is 4.98 Å². The third-order valence-electron chi connectivity index (χ3n) is 6.22. The van der Waals surface area contributed by atoms with Crippen LogP contribution in [0.1, 0.15) is 56.5 Å². The molecule has 2 aromatic rings. The number of hydrogen-bond acceptors (Lipinski definition) is 6. The van der Waals surface area contributed by atoms with Crippen LogP contribution >= 0.6 is 11.8 Å². The lowest BCUT2D eigenvalue weighted by Crippen LogP contribution is -2.56. The van der Waals surface area contributed by atoms with Gasteiger partial charge >= 0.3 is 0 Å². The summed E-state index contributed by atoms with van der Waals surface area (Å²) in [5.41, 5.74) is 4.01. The lowest BCUT2D eigenvalue weighted by molar-refractivity contribution is 0.00260. The topological polar surface area (TPSA) is 60.9 Å². The molecule has 2 aliphatic heterocycles. The normalized spacial score (nSPS) is 19.8. The number of nitrogens with zero attached hydrogens (tertiary/aromatic N) is 5. The highest BCUT2D eigenvalue weighted by Gasteiger charge is 2.46. The van der Waals surface area contributed by atoms with Crippen LogP contribution in [-0.2, 0) is 18.5 Å². The minimum absolute atomic E-state index is 0.122. The average molecular weight is 401 g/mol. The maximum Gasteiger partial charge on any atom is 0.187 e. The van der Waals surface area contributed by atoms with Crippen LogP contribution in [-0.4, -0.2) is 61.7 Å². The molecule has 1 fully saturated rings. The van der Waals surface area contributed by atoms with Crippen LogP contribution in [0.3, 0.4) is 0 Å². The van der Waals surface area contributed by atoms with Gasteiger partial charge in [-0.3, -0.25) is 9.80 Å². The van der Waals surface area contributed by atoms with Gasteiger partial charge < -0.3 is 4.98 Å². The van der Waals surface area contributed by atoms with Gasteiger partial charge in [0.15, 0.2) is 5.16 Å². The average Bonchev–Trinajstić information content (AvgIpc) is 3.21. The Labute approximate surface area is 172 Å². The van der Waals surface area contributed by atoms with Crippen molar-refractivity contribution in [2.24, 2.45) is 0 Å². The molecule has 0 amide bonds. The summed E-state index contributed by atoms with van der Waals surface area (Å²) in [7, 11) is 0. The van der Waals surface area contributed by atoms with E-state index in [1.54, 1.807) is 11.8 Å². The van der Waals surface area contributed by atoms with Gasteiger partial charge in [-0.15, -0.1) is 0 Å². The van der Waals surface area contributed by atoms with Gasteiger partial charge in [-0.25, -0.2) is 15.0 Å². The van der Waals surface area contributed by atoms with Gasteiger partial charge in [0.2, 0.25) is 0 Å². The summed E-state index contributed by atoms with van der Waals surface area (Å²) >= 11 is 1.69. The number of piperidine rings is 1. The van der Waals surface area contributed by atoms with Gasteiger partial charge in [0, 0.05) is 56.3 Å². The monoisotopic (exact) mass is 400 g/mol.